The molecule has 1 aliphatic rings. The van der Waals surface area contributed by atoms with E-state index in [1.54, 1.807) is 0 Å². The van der Waals surface area contributed by atoms with Gasteiger partial charge in [0.25, 0.3) is 0 Å². The Kier molecular flexibility index (Phi) is 4.33. The van der Waals surface area contributed by atoms with Gasteiger partial charge in [-0.2, -0.15) is 0 Å². The summed E-state index contributed by atoms with van der Waals surface area (Å²) >= 11 is 0. The quantitative estimate of drug-likeness (QED) is 0.737. The van der Waals surface area contributed by atoms with Crippen LogP contribution in [0.3, 0.4) is 0 Å². The fraction of sp³-hybridized carbons (Fsp3) is 0.867. The lowest BCUT2D eigenvalue weighted by Gasteiger charge is -2.41. The van der Waals surface area contributed by atoms with E-state index in [1.165, 1.54) is 0 Å². The van der Waals surface area contributed by atoms with E-state index in [2.05, 4.69) is 0 Å². The number of cyclic esters (lactones) is 1. The fourth-order valence-corrected chi connectivity index (χ4v) is 2.21. The van der Waals surface area contributed by atoms with Gasteiger partial charge in [-0.15, -0.1) is 0 Å². The Morgan fingerprint density at radius 3 is 2.16 bits per heavy atom. The molecule has 2 atom stereocenters. The second-order valence-corrected chi connectivity index (χ2v) is 7.34. The SMILES string of the molecule is CC(C)[C@@H]1OC(=O)[C@H]1CC(C)(C)C(=O)OC(C)(C)C. The highest BCUT2D eigenvalue weighted by Gasteiger charge is 2.48. The molecule has 0 unspecified atom stereocenters. The summed E-state index contributed by atoms with van der Waals surface area (Å²) in [4.78, 5) is 23.7. The predicted octanol–water partition coefficient (Wildman–Crippen LogP) is 2.94. The van der Waals surface area contributed by atoms with Gasteiger partial charge in [0.2, 0.25) is 0 Å². The van der Waals surface area contributed by atoms with Gasteiger partial charge in [-0.3, -0.25) is 9.59 Å². The molecule has 1 heterocycles. The average molecular weight is 270 g/mol. The van der Waals surface area contributed by atoms with Crippen molar-refractivity contribution in [3.05, 3.63) is 0 Å². The summed E-state index contributed by atoms with van der Waals surface area (Å²) in [6.45, 7) is 13.2. The molecular formula is C15H26O4. The number of esters is 2. The first-order valence-corrected chi connectivity index (χ1v) is 6.88. The molecule has 0 spiro atoms. The lowest BCUT2D eigenvalue weighted by Crippen LogP contribution is -2.51. The van der Waals surface area contributed by atoms with Crippen molar-refractivity contribution in [2.24, 2.45) is 17.3 Å². The van der Waals surface area contributed by atoms with Crippen LogP contribution in [0.15, 0.2) is 0 Å². The third-order valence-corrected chi connectivity index (χ3v) is 3.29. The summed E-state index contributed by atoms with van der Waals surface area (Å²) in [5.41, 5.74) is -1.18. The standard InChI is InChI=1S/C15H26O4/c1-9(2)11-10(12(16)18-11)8-15(6,7)13(17)19-14(3,4)5/h9-11H,8H2,1-7H3/t10-,11-/m0/s1. The van der Waals surface area contributed by atoms with Crippen LogP contribution in [0.2, 0.25) is 0 Å². The molecule has 1 fully saturated rings. The number of hydrogen-bond donors (Lipinski definition) is 0. The van der Waals surface area contributed by atoms with Gasteiger partial charge in [0, 0.05) is 0 Å². The fourth-order valence-electron chi connectivity index (χ4n) is 2.21. The summed E-state index contributed by atoms with van der Waals surface area (Å²) in [7, 11) is 0. The lowest BCUT2D eigenvalue weighted by atomic mass is 9.75. The number of rotatable bonds is 4. The van der Waals surface area contributed by atoms with Gasteiger partial charge in [-0.25, -0.2) is 0 Å². The Labute approximate surface area is 115 Å². The zero-order chi connectivity index (χ0) is 15.0. The monoisotopic (exact) mass is 270 g/mol. The highest BCUT2D eigenvalue weighted by molar-refractivity contribution is 5.81. The first-order chi connectivity index (χ1) is 8.44. The maximum atomic E-state index is 12.2. The molecule has 0 bridgehead atoms. The molecule has 4 heteroatoms. The van der Waals surface area contributed by atoms with Crippen molar-refractivity contribution in [3.63, 3.8) is 0 Å². The van der Waals surface area contributed by atoms with Crippen molar-refractivity contribution in [1.29, 1.82) is 0 Å². The normalized spacial score (nSPS) is 23.9. The number of ether oxygens (including phenoxy) is 2. The molecule has 0 saturated carbocycles. The van der Waals surface area contributed by atoms with E-state index in [0.717, 1.165) is 0 Å². The van der Waals surface area contributed by atoms with Gasteiger partial charge in [0.1, 0.15) is 11.7 Å². The Balaban J connectivity index is 2.68. The van der Waals surface area contributed by atoms with Crippen LogP contribution in [-0.4, -0.2) is 23.6 Å². The zero-order valence-corrected chi connectivity index (χ0v) is 13.1. The highest BCUT2D eigenvalue weighted by Crippen LogP contribution is 2.38. The van der Waals surface area contributed by atoms with Crippen molar-refractivity contribution in [1.82, 2.24) is 0 Å². The van der Waals surface area contributed by atoms with E-state index >= 15 is 0 Å². The van der Waals surface area contributed by atoms with Crippen molar-refractivity contribution >= 4 is 11.9 Å². The van der Waals surface area contributed by atoms with Crippen molar-refractivity contribution in [3.8, 4) is 0 Å². The van der Waals surface area contributed by atoms with E-state index in [0.29, 0.717) is 6.42 Å². The van der Waals surface area contributed by atoms with E-state index in [-0.39, 0.29) is 29.9 Å². The van der Waals surface area contributed by atoms with Crippen LogP contribution in [0, 0.1) is 17.3 Å². The van der Waals surface area contributed by atoms with E-state index in [9.17, 15) is 9.59 Å². The summed E-state index contributed by atoms with van der Waals surface area (Å²) < 4.78 is 10.6. The molecule has 0 aromatic rings. The molecule has 1 rings (SSSR count). The molecule has 0 aromatic heterocycles. The van der Waals surface area contributed by atoms with Crippen LogP contribution in [-0.2, 0) is 19.1 Å². The highest BCUT2D eigenvalue weighted by atomic mass is 16.6. The van der Waals surface area contributed by atoms with Crippen molar-refractivity contribution in [2.75, 3.05) is 0 Å². The molecule has 4 nitrogen and oxygen atoms in total. The number of carbonyl (C=O) groups is 2. The smallest absolute Gasteiger partial charge is 0.313 e. The van der Waals surface area contributed by atoms with Crippen molar-refractivity contribution in [2.45, 2.75) is 66.6 Å². The minimum atomic E-state index is -0.676. The van der Waals surface area contributed by atoms with Crippen LogP contribution in [0.1, 0.15) is 54.9 Å². The predicted molar refractivity (Wildman–Crippen MR) is 72.5 cm³/mol. The summed E-state index contributed by atoms with van der Waals surface area (Å²) in [5.74, 6) is -0.378. The Bertz CT molecular complexity index is 363. The molecule has 1 saturated heterocycles. The molecule has 110 valence electrons. The number of hydrogen-bond acceptors (Lipinski definition) is 4. The molecule has 0 radical (unpaired) electrons. The zero-order valence-electron chi connectivity index (χ0n) is 13.1. The first kappa shape index (κ1) is 16.0. The van der Waals surface area contributed by atoms with Crippen LogP contribution in [0.4, 0.5) is 0 Å². The minimum Gasteiger partial charge on any atom is -0.461 e. The van der Waals surface area contributed by atoms with E-state index in [1.807, 2.05) is 48.5 Å². The van der Waals surface area contributed by atoms with Crippen LogP contribution < -0.4 is 0 Å². The van der Waals surface area contributed by atoms with Gasteiger partial charge >= 0.3 is 11.9 Å². The molecule has 0 aromatic carbocycles. The lowest BCUT2D eigenvalue weighted by molar-refractivity contribution is -0.195. The molecular weight excluding hydrogens is 244 g/mol. The third kappa shape index (κ3) is 3.95. The minimum absolute atomic E-state index is 0.0748. The largest absolute Gasteiger partial charge is 0.461 e. The van der Waals surface area contributed by atoms with Crippen LogP contribution in [0.5, 0.6) is 0 Å². The summed E-state index contributed by atoms with van der Waals surface area (Å²) in [6.07, 6.45) is 0.401. The van der Waals surface area contributed by atoms with Crippen LogP contribution in [0.25, 0.3) is 0 Å². The molecule has 0 aliphatic carbocycles. The third-order valence-electron chi connectivity index (χ3n) is 3.29. The van der Waals surface area contributed by atoms with Gasteiger partial charge in [0.05, 0.1) is 11.3 Å². The second-order valence-electron chi connectivity index (χ2n) is 7.34. The van der Waals surface area contributed by atoms with Gasteiger partial charge in [0.15, 0.2) is 0 Å². The Morgan fingerprint density at radius 2 is 1.79 bits per heavy atom. The maximum absolute atomic E-state index is 12.2. The van der Waals surface area contributed by atoms with Crippen molar-refractivity contribution < 1.29 is 19.1 Å². The Morgan fingerprint density at radius 1 is 1.26 bits per heavy atom. The van der Waals surface area contributed by atoms with Crippen LogP contribution >= 0.6 is 0 Å². The molecule has 1 aliphatic heterocycles. The average Bonchev–Trinajstić information content (AvgIpc) is 2.20. The summed E-state index contributed by atoms with van der Waals surface area (Å²) in [6, 6.07) is 0. The summed E-state index contributed by atoms with van der Waals surface area (Å²) in [5, 5.41) is 0. The van der Waals surface area contributed by atoms with Gasteiger partial charge < -0.3 is 9.47 Å². The molecule has 0 amide bonds. The van der Waals surface area contributed by atoms with E-state index in [4.69, 9.17) is 9.47 Å². The van der Waals surface area contributed by atoms with Gasteiger partial charge in [-0.05, 0) is 47.0 Å². The number of carbonyl (C=O) groups excluding carboxylic acids is 2. The maximum Gasteiger partial charge on any atom is 0.313 e. The molecule has 19 heavy (non-hydrogen) atoms. The topological polar surface area (TPSA) is 52.6 Å². The molecule has 0 N–H and O–H groups in total. The Hall–Kier alpha value is -1.06. The second kappa shape index (κ2) is 5.14. The van der Waals surface area contributed by atoms with E-state index < -0.39 is 11.0 Å². The van der Waals surface area contributed by atoms with Gasteiger partial charge in [-0.1, -0.05) is 13.8 Å². The first-order valence-electron chi connectivity index (χ1n) is 6.88.